The van der Waals surface area contributed by atoms with Gasteiger partial charge in [-0.25, -0.2) is 18.6 Å². The fourth-order valence-electron chi connectivity index (χ4n) is 6.25. The Hall–Kier alpha value is -4.12. The number of ether oxygens (including phenoxy) is 1. The Morgan fingerprint density at radius 1 is 1.00 bits per heavy atom. The zero-order chi connectivity index (χ0) is 29.0. The van der Waals surface area contributed by atoms with Gasteiger partial charge >= 0.3 is 6.03 Å². The van der Waals surface area contributed by atoms with Gasteiger partial charge < -0.3 is 13.8 Å². The van der Waals surface area contributed by atoms with Crippen molar-refractivity contribution in [2.75, 3.05) is 19.1 Å². The highest BCUT2D eigenvalue weighted by molar-refractivity contribution is 6.06. The number of imide groups is 1. The maximum atomic E-state index is 14.4. The number of amides is 3. The first-order valence-corrected chi connectivity index (χ1v) is 13.7. The summed E-state index contributed by atoms with van der Waals surface area (Å²) in [5.74, 6) is -1.26. The summed E-state index contributed by atoms with van der Waals surface area (Å²) >= 11 is 0. The van der Waals surface area contributed by atoms with Crippen molar-refractivity contribution in [1.82, 2.24) is 19.6 Å². The molecular weight excluding hydrogens is 532 g/mol. The summed E-state index contributed by atoms with van der Waals surface area (Å²) in [6.07, 6.45) is 3.46. The van der Waals surface area contributed by atoms with Crippen LogP contribution in [-0.4, -0.2) is 51.8 Å². The third kappa shape index (κ3) is 4.57. The van der Waals surface area contributed by atoms with E-state index in [0.717, 1.165) is 65.1 Å². The van der Waals surface area contributed by atoms with Crippen molar-refractivity contribution in [3.05, 3.63) is 65.3 Å². The first-order chi connectivity index (χ1) is 19.7. The number of benzene rings is 2. The summed E-state index contributed by atoms with van der Waals surface area (Å²) in [6.45, 7) is 3.73. The minimum absolute atomic E-state index is 0.0444. The van der Waals surface area contributed by atoms with Gasteiger partial charge in [0.15, 0.2) is 11.6 Å². The largest absolute Gasteiger partial charge is 0.381 e. The van der Waals surface area contributed by atoms with E-state index >= 15 is 0 Å². The third-order valence-electron chi connectivity index (χ3n) is 8.41. The molecule has 2 aliphatic rings. The molecule has 1 aliphatic carbocycles. The number of aromatic nitrogens is 3. The Morgan fingerprint density at radius 3 is 2.41 bits per heavy atom. The van der Waals surface area contributed by atoms with Crippen LogP contribution in [0.4, 0.5) is 19.3 Å². The molecule has 9 nitrogen and oxygen atoms in total. The highest BCUT2D eigenvalue weighted by atomic mass is 19.2. The van der Waals surface area contributed by atoms with Gasteiger partial charge in [0.1, 0.15) is 17.6 Å². The molecule has 0 spiro atoms. The summed E-state index contributed by atoms with van der Waals surface area (Å²) in [4.78, 5) is 33.9. The van der Waals surface area contributed by atoms with Gasteiger partial charge in [-0.1, -0.05) is 11.2 Å². The van der Waals surface area contributed by atoms with Crippen LogP contribution in [0.25, 0.3) is 22.2 Å². The van der Waals surface area contributed by atoms with Crippen LogP contribution in [-0.2, 0) is 9.53 Å². The molecule has 1 aliphatic heterocycles. The first kappa shape index (κ1) is 27.1. The lowest BCUT2D eigenvalue weighted by Crippen LogP contribution is -2.52. The summed E-state index contributed by atoms with van der Waals surface area (Å²) in [6, 6.07) is 7.85. The molecule has 0 N–H and O–H groups in total. The number of aryl methyl sites for hydroxylation is 2. The molecule has 1 saturated heterocycles. The highest BCUT2D eigenvalue weighted by Crippen LogP contribution is 2.41. The lowest BCUT2D eigenvalue weighted by Gasteiger charge is -2.39. The van der Waals surface area contributed by atoms with Crippen LogP contribution in [0.5, 0.6) is 0 Å². The number of carbonyl (C=O) groups is 2. The first-order valence-electron chi connectivity index (χ1n) is 13.7. The lowest BCUT2D eigenvalue weighted by atomic mass is 9.92. The third-order valence-corrected chi connectivity index (χ3v) is 8.41. The molecule has 0 bridgehead atoms. The molecule has 6 rings (SSSR count). The summed E-state index contributed by atoms with van der Waals surface area (Å²) in [7, 11) is 3.10. The van der Waals surface area contributed by atoms with E-state index in [0.29, 0.717) is 17.1 Å². The van der Waals surface area contributed by atoms with Gasteiger partial charge in [-0.2, -0.15) is 0 Å². The molecular formula is C30H31F2N5O4. The second-order valence-corrected chi connectivity index (χ2v) is 10.8. The van der Waals surface area contributed by atoms with E-state index in [4.69, 9.17) is 14.2 Å². The van der Waals surface area contributed by atoms with Crippen molar-refractivity contribution in [1.29, 1.82) is 0 Å². The van der Waals surface area contributed by atoms with E-state index in [9.17, 15) is 18.4 Å². The minimum atomic E-state index is -1.08. The summed E-state index contributed by atoms with van der Waals surface area (Å²) in [5, 5.41) is 4.08. The average molecular weight is 564 g/mol. The molecule has 4 aromatic rings. The normalized spacial score (nSPS) is 21.8. The molecule has 214 valence electrons. The van der Waals surface area contributed by atoms with E-state index in [1.54, 1.807) is 7.11 Å². The SMILES string of the molecule is COC1CCC(n2c(C3CC(=O)N(C)C(=O)N3c3ccc(F)c(F)c3)nc3cc(-c4c(C)noc4C)ccc32)CC1. The number of hydrogen-bond donors (Lipinski definition) is 0. The molecule has 2 aromatic carbocycles. The van der Waals surface area contributed by atoms with Gasteiger partial charge in [-0.3, -0.25) is 14.6 Å². The molecule has 2 aromatic heterocycles. The quantitative estimate of drug-likeness (QED) is 0.285. The molecule has 11 heteroatoms. The highest BCUT2D eigenvalue weighted by Gasteiger charge is 2.42. The van der Waals surface area contributed by atoms with Crippen molar-refractivity contribution < 1.29 is 27.6 Å². The molecule has 2 fully saturated rings. The molecule has 3 amide bonds. The van der Waals surface area contributed by atoms with Crippen LogP contribution < -0.4 is 4.90 Å². The summed E-state index contributed by atoms with van der Waals surface area (Å²) in [5.41, 5.74) is 4.24. The van der Waals surface area contributed by atoms with Crippen LogP contribution in [0.2, 0.25) is 0 Å². The van der Waals surface area contributed by atoms with Crippen LogP contribution in [0.3, 0.4) is 0 Å². The maximum absolute atomic E-state index is 14.4. The number of hydrogen-bond acceptors (Lipinski definition) is 6. The Labute approximate surface area is 235 Å². The van der Waals surface area contributed by atoms with E-state index in [1.807, 2.05) is 32.0 Å². The predicted molar refractivity (Wildman–Crippen MR) is 147 cm³/mol. The number of nitrogens with zero attached hydrogens (tertiary/aromatic N) is 5. The lowest BCUT2D eigenvalue weighted by molar-refractivity contribution is -0.128. The number of anilines is 1. The second-order valence-electron chi connectivity index (χ2n) is 10.8. The Bertz CT molecular complexity index is 1640. The van der Waals surface area contributed by atoms with Gasteiger partial charge in [-0.05, 0) is 69.4 Å². The molecule has 1 saturated carbocycles. The van der Waals surface area contributed by atoms with Gasteiger partial charge in [0.2, 0.25) is 5.91 Å². The fraction of sp³-hybridized carbons (Fsp3) is 0.400. The monoisotopic (exact) mass is 563 g/mol. The number of methoxy groups -OCH3 is 1. The Morgan fingerprint density at radius 2 is 1.76 bits per heavy atom. The number of urea groups is 1. The van der Waals surface area contributed by atoms with Crippen molar-refractivity contribution in [2.45, 2.75) is 64.1 Å². The molecule has 1 atom stereocenters. The van der Waals surface area contributed by atoms with Gasteiger partial charge in [0, 0.05) is 37.5 Å². The number of halogens is 2. The number of imidazole rings is 1. The van der Waals surface area contributed by atoms with Crippen molar-refractivity contribution in [3.8, 4) is 11.1 Å². The topological polar surface area (TPSA) is 93.7 Å². The number of rotatable bonds is 5. The zero-order valence-corrected chi connectivity index (χ0v) is 23.4. The number of fused-ring (bicyclic) bond motifs is 1. The van der Waals surface area contributed by atoms with E-state index in [2.05, 4.69) is 9.72 Å². The van der Waals surface area contributed by atoms with Crippen LogP contribution >= 0.6 is 0 Å². The van der Waals surface area contributed by atoms with Gasteiger partial charge in [-0.15, -0.1) is 0 Å². The van der Waals surface area contributed by atoms with Crippen LogP contribution in [0.1, 0.15) is 61.5 Å². The van der Waals surface area contributed by atoms with E-state index < -0.39 is 23.7 Å². The smallest absolute Gasteiger partial charge is 0.331 e. The Kier molecular flexibility index (Phi) is 6.85. The van der Waals surface area contributed by atoms with E-state index in [-0.39, 0.29) is 30.2 Å². The molecule has 41 heavy (non-hydrogen) atoms. The van der Waals surface area contributed by atoms with E-state index in [1.165, 1.54) is 18.0 Å². The van der Waals surface area contributed by atoms with Crippen molar-refractivity contribution in [2.24, 2.45) is 0 Å². The van der Waals surface area contributed by atoms with Crippen LogP contribution in [0, 0.1) is 25.5 Å². The second kappa shape index (κ2) is 10.4. The number of carbonyl (C=O) groups excluding carboxylic acids is 2. The fourth-order valence-corrected chi connectivity index (χ4v) is 6.25. The molecule has 0 radical (unpaired) electrons. The maximum Gasteiger partial charge on any atom is 0.331 e. The van der Waals surface area contributed by atoms with Crippen molar-refractivity contribution >= 4 is 28.7 Å². The average Bonchev–Trinajstić information content (AvgIpc) is 3.51. The zero-order valence-electron chi connectivity index (χ0n) is 23.4. The van der Waals surface area contributed by atoms with Crippen molar-refractivity contribution in [3.63, 3.8) is 0 Å². The molecule has 3 heterocycles. The Balaban J connectivity index is 1.53. The van der Waals surface area contributed by atoms with Crippen LogP contribution in [0.15, 0.2) is 40.9 Å². The van der Waals surface area contributed by atoms with Gasteiger partial charge in [0.25, 0.3) is 0 Å². The predicted octanol–water partition coefficient (Wildman–Crippen LogP) is 6.25. The molecule has 1 unspecified atom stereocenters. The van der Waals surface area contributed by atoms with Gasteiger partial charge in [0.05, 0.1) is 29.3 Å². The minimum Gasteiger partial charge on any atom is -0.381 e. The standard InChI is InChI=1S/C30H31F2N5O4/c1-16-28(17(2)41-34-16)18-5-12-25-24(13-18)33-29(36(25)19-6-9-21(40-4)10-7-19)26-15-27(38)35(3)30(39)37(26)20-8-11-22(31)23(32)14-20/h5,8,11-14,19,21,26H,6-7,9-10,15H2,1-4H3. The summed E-state index contributed by atoms with van der Waals surface area (Å²) < 4.78 is 41.3.